The first-order valence-corrected chi connectivity index (χ1v) is 6.86. The fourth-order valence-electron chi connectivity index (χ4n) is 3.16. The monoisotopic (exact) mass is 244 g/mol. The minimum Gasteiger partial charge on any atom is -0.305 e. The Balaban J connectivity index is 2.09. The SMILES string of the molecule is Cc1cccc2c1[nH]c(=O)n2[C@H]1CC[C@H](C)CC1. The number of hydrogen-bond donors (Lipinski definition) is 1. The first-order chi connectivity index (χ1) is 8.66. The lowest BCUT2D eigenvalue weighted by atomic mass is 9.87. The zero-order valence-corrected chi connectivity index (χ0v) is 11.1. The molecule has 0 spiro atoms. The van der Waals surface area contributed by atoms with E-state index < -0.39 is 0 Å². The number of benzene rings is 1. The van der Waals surface area contributed by atoms with Crippen LogP contribution in [0.5, 0.6) is 0 Å². The molecule has 3 heteroatoms. The second kappa shape index (κ2) is 4.30. The molecule has 2 aromatic rings. The fourth-order valence-corrected chi connectivity index (χ4v) is 3.16. The molecule has 0 bridgehead atoms. The van der Waals surface area contributed by atoms with Gasteiger partial charge in [0.2, 0.25) is 0 Å². The summed E-state index contributed by atoms with van der Waals surface area (Å²) in [5, 5.41) is 0. The van der Waals surface area contributed by atoms with E-state index in [0.29, 0.717) is 6.04 Å². The highest BCUT2D eigenvalue weighted by Crippen LogP contribution is 2.32. The van der Waals surface area contributed by atoms with Gasteiger partial charge in [-0.15, -0.1) is 0 Å². The highest BCUT2D eigenvalue weighted by atomic mass is 16.1. The second-order valence-electron chi connectivity index (χ2n) is 5.68. The molecule has 1 fully saturated rings. The van der Waals surface area contributed by atoms with Crippen LogP contribution in [0, 0.1) is 12.8 Å². The van der Waals surface area contributed by atoms with Crippen LogP contribution >= 0.6 is 0 Å². The van der Waals surface area contributed by atoms with Gasteiger partial charge >= 0.3 is 5.69 Å². The third kappa shape index (κ3) is 1.78. The van der Waals surface area contributed by atoms with Gasteiger partial charge in [0.05, 0.1) is 11.0 Å². The molecule has 1 N–H and O–H groups in total. The lowest BCUT2D eigenvalue weighted by Gasteiger charge is -2.27. The van der Waals surface area contributed by atoms with Crippen LogP contribution < -0.4 is 5.69 Å². The van der Waals surface area contributed by atoms with Crippen LogP contribution in [0.3, 0.4) is 0 Å². The molecule has 96 valence electrons. The number of aromatic amines is 1. The molecule has 1 aliphatic rings. The summed E-state index contributed by atoms with van der Waals surface area (Å²) in [5.41, 5.74) is 3.27. The van der Waals surface area contributed by atoms with Gasteiger partial charge < -0.3 is 4.98 Å². The molecular formula is C15H20N2O. The zero-order chi connectivity index (χ0) is 12.7. The maximum atomic E-state index is 12.2. The first kappa shape index (κ1) is 11.6. The van der Waals surface area contributed by atoms with Crippen molar-refractivity contribution in [3.05, 3.63) is 34.2 Å². The maximum Gasteiger partial charge on any atom is 0.326 e. The van der Waals surface area contributed by atoms with E-state index in [-0.39, 0.29) is 5.69 Å². The third-order valence-corrected chi connectivity index (χ3v) is 4.31. The Morgan fingerprint density at radius 1 is 1.22 bits per heavy atom. The number of aryl methyl sites for hydroxylation is 1. The lowest BCUT2D eigenvalue weighted by molar-refractivity contribution is 0.290. The number of nitrogens with zero attached hydrogens (tertiary/aromatic N) is 1. The Hall–Kier alpha value is -1.51. The van der Waals surface area contributed by atoms with Gasteiger partial charge in [-0.3, -0.25) is 4.57 Å². The van der Waals surface area contributed by atoms with Gasteiger partial charge in [-0.05, 0) is 50.2 Å². The normalized spacial score (nSPS) is 24.6. The Morgan fingerprint density at radius 2 is 1.94 bits per heavy atom. The number of aromatic nitrogens is 2. The van der Waals surface area contributed by atoms with Gasteiger partial charge in [0.25, 0.3) is 0 Å². The van der Waals surface area contributed by atoms with E-state index in [1.165, 1.54) is 12.8 Å². The molecule has 1 aromatic heterocycles. The molecule has 1 aromatic carbocycles. The molecular weight excluding hydrogens is 224 g/mol. The molecule has 1 saturated carbocycles. The van der Waals surface area contributed by atoms with Crippen molar-refractivity contribution in [3.8, 4) is 0 Å². The molecule has 0 atom stereocenters. The first-order valence-electron chi connectivity index (χ1n) is 6.86. The summed E-state index contributed by atoms with van der Waals surface area (Å²) >= 11 is 0. The molecule has 0 saturated heterocycles. The van der Waals surface area contributed by atoms with E-state index in [0.717, 1.165) is 35.4 Å². The summed E-state index contributed by atoms with van der Waals surface area (Å²) in [6, 6.07) is 6.51. The van der Waals surface area contributed by atoms with Crippen molar-refractivity contribution in [2.45, 2.75) is 45.6 Å². The van der Waals surface area contributed by atoms with E-state index in [4.69, 9.17) is 0 Å². The molecule has 1 aliphatic carbocycles. The summed E-state index contributed by atoms with van der Waals surface area (Å²) in [6.45, 7) is 4.35. The van der Waals surface area contributed by atoms with Gasteiger partial charge in [0.1, 0.15) is 0 Å². The average Bonchev–Trinajstić information content (AvgIpc) is 2.69. The molecule has 3 nitrogen and oxygen atoms in total. The maximum absolute atomic E-state index is 12.2. The van der Waals surface area contributed by atoms with Crippen LogP contribution in [0.15, 0.2) is 23.0 Å². The molecule has 1 heterocycles. The molecule has 0 amide bonds. The van der Waals surface area contributed by atoms with E-state index in [2.05, 4.69) is 18.0 Å². The van der Waals surface area contributed by atoms with E-state index in [1.807, 2.05) is 23.6 Å². The van der Waals surface area contributed by atoms with Crippen molar-refractivity contribution in [1.29, 1.82) is 0 Å². The molecule has 0 aliphatic heterocycles. The van der Waals surface area contributed by atoms with E-state index in [1.54, 1.807) is 0 Å². The van der Waals surface area contributed by atoms with Gasteiger partial charge in [0, 0.05) is 6.04 Å². The van der Waals surface area contributed by atoms with Crippen LogP contribution in [0.1, 0.15) is 44.2 Å². The average molecular weight is 244 g/mol. The van der Waals surface area contributed by atoms with Crippen molar-refractivity contribution < 1.29 is 0 Å². The molecule has 3 rings (SSSR count). The molecule has 0 radical (unpaired) electrons. The Kier molecular flexibility index (Phi) is 2.77. The van der Waals surface area contributed by atoms with Gasteiger partial charge in [-0.2, -0.15) is 0 Å². The predicted octanol–water partition coefficient (Wildman–Crippen LogP) is 3.39. The number of para-hydroxylation sites is 1. The van der Waals surface area contributed by atoms with E-state index >= 15 is 0 Å². The number of hydrogen-bond acceptors (Lipinski definition) is 1. The van der Waals surface area contributed by atoms with Crippen LogP contribution in [0.2, 0.25) is 0 Å². The lowest BCUT2D eigenvalue weighted by Crippen LogP contribution is -2.25. The largest absolute Gasteiger partial charge is 0.326 e. The number of rotatable bonds is 1. The number of H-pyrrole nitrogens is 1. The predicted molar refractivity (Wildman–Crippen MR) is 74.0 cm³/mol. The summed E-state index contributed by atoms with van der Waals surface area (Å²) in [6.07, 6.45) is 4.72. The van der Waals surface area contributed by atoms with Crippen LogP contribution in [0.4, 0.5) is 0 Å². The van der Waals surface area contributed by atoms with Gasteiger partial charge in [-0.1, -0.05) is 19.1 Å². The smallest absolute Gasteiger partial charge is 0.305 e. The zero-order valence-electron chi connectivity index (χ0n) is 11.1. The fraction of sp³-hybridized carbons (Fsp3) is 0.533. The quantitative estimate of drug-likeness (QED) is 0.820. The summed E-state index contributed by atoms with van der Waals surface area (Å²) in [5.74, 6) is 0.809. The minimum absolute atomic E-state index is 0.0545. The van der Waals surface area contributed by atoms with Gasteiger partial charge in [-0.25, -0.2) is 4.79 Å². The summed E-state index contributed by atoms with van der Waals surface area (Å²) < 4.78 is 1.98. The highest BCUT2D eigenvalue weighted by Gasteiger charge is 2.22. The van der Waals surface area contributed by atoms with Crippen molar-refractivity contribution in [2.24, 2.45) is 5.92 Å². The van der Waals surface area contributed by atoms with Crippen LogP contribution in [-0.2, 0) is 0 Å². The topological polar surface area (TPSA) is 37.8 Å². The Morgan fingerprint density at radius 3 is 2.67 bits per heavy atom. The van der Waals surface area contributed by atoms with Crippen LogP contribution in [0.25, 0.3) is 11.0 Å². The minimum atomic E-state index is 0.0545. The summed E-state index contributed by atoms with van der Waals surface area (Å²) in [4.78, 5) is 15.2. The molecule has 0 unspecified atom stereocenters. The van der Waals surface area contributed by atoms with Crippen molar-refractivity contribution in [2.75, 3.05) is 0 Å². The molecule has 18 heavy (non-hydrogen) atoms. The van der Waals surface area contributed by atoms with E-state index in [9.17, 15) is 4.79 Å². The van der Waals surface area contributed by atoms with Crippen LogP contribution in [-0.4, -0.2) is 9.55 Å². The third-order valence-electron chi connectivity index (χ3n) is 4.31. The summed E-state index contributed by atoms with van der Waals surface area (Å²) in [7, 11) is 0. The standard InChI is InChI=1S/C15H20N2O/c1-10-6-8-12(9-7-10)17-13-5-3-4-11(2)14(13)16-15(17)18/h3-5,10,12H,6-9H2,1-2H3,(H,16,18)/t10-,12-. The Labute approximate surface area is 107 Å². The highest BCUT2D eigenvalue weighted by molar-refractivity contribution is 5.78. The number of fused-ring (bicyclic) bond motifs is 1. The van der Waals surface area contributed by atoms with Gasteiger partial charge in [0.15, 0.2) is 0 Å². The number of imidazole rings is 1. The number of nitrogens with one attached hydrogen (secondary N) is 1. The van der Waals surface area contributed by atoms with Crippen molar-refractivity contribution >= 4 is 11.0 Å². The second-order valence-corrected chi connectivity index (χ2v) is 5.68. The van der Waals surface area contributed by atoms with Crippen molar-refractivity contribution in [1.82, 2.24) is 9.55 Å². The van der Waals surface area contributed by atoms with Crippen molar-refractivity contribution in [3.63, 3.8) is 0 Å². The Bertz CT molecular complexity index is 615.